The van der Waals surface area contributed by atoms with E-state index in [0.717, 1.165) is 43.0 Å². The minimum Gasteiger partial charge on any atom is -0.309 e. The second-order valence-corrected chi connectivity index (χ2v) is 6.91. The van der Waals surface area contributed by atoms with Crippen molar-refractivity contribution in [2.45, 2.75) is 70.4 Å². The van der Waals surface area contributed by atoms with E-state index in [0.29, 0.717) is 12.0 Å². The monoisotopic (exact) mass is 329 g/mol. The molecule has 0 saturated heterocycles. The van der Waals surface area contributed by atoms with Gasteiger partial charge < -0.3 is 5.32 Å². The van der Waals surface area contributed by atoms with Crippen LogP contribution >= 0.6 is 0 Å². The van der Waals surface area contributed by atoms with Crippen molar-refractivity contribution < 1.29 is 4.79 Å². The summed E-state index contributed by atoms with van der Waals surface area (Å²) in [6.45, 7) is 2.03. The largest absolute Gasteiger partial charge is 0.309 e. The highest BCUT2D eigenvalue weighted by Crippen LogP contribution is 2.37. The van der Waals surface area contributed by atoms with Crippen LogP contribution in [0.4, 0.5) is 5.82 Å². The Labute approximate surface area is 140 Å². The Bertz CT molecular complexity index is 725. The van der Waals surface area contributed by atoms with Crippen molar-refractivity contribution in [3.8, 4) is 0 Å². The zero-order chi connectivity index (χ0) is 16.5. The van der Waals surface area contributed by atoms with Gasteiger partial charge in [0, 0.05) is 12.0 Å². The van der Waals surface area contributed by atoms with Gasteiger partial charge in [0.2, 0.25) is 5.91 Å². The van der Waals surface area contributed by atoms with E-state index >= 15 is 0 Å². The van der Waals surface area contributed by atoms with Crippen LogP contribution in [0.2, 0.25) is 0 Å². The molecule has 2 fully saturated rings. The molecule has 0 aromatic carbocycles. The van der Waals surface area contributed by atoms with Gasteiger partial charge in [0.05, 0.1) is 11.7 Å². The first-order valence-corrected chi connectivity index (χ1v) is 8.83. The summed E-state index contributed by atoms with van der Waals surface area (Å²) in [5.74, 6) is 1.82. The number of nitrogens with one attached hydrogen (secondary N) is 1. The lowest BCUT2D eigenvalue weighted by Gasteiger charge is -2.23. The van der Waals surface area contributed by atoms with Crippen LogP contribution < -0.4 is 5.32 Å². The summed E-state index contributed by atoms with van der Waals surface area (Å²) in [6.07, 6.45) is 8.24. The number of nitrogens with zero attached hydrogens (tertiary/aromatic N) is 6. The van der Waals surface area contributed by atoms with Gasteiger partial charge >= 0.3 is 0 Å². The Kier molecular flexibility index (Phi) is 4.03. The van der Waals surface area contributed by atoms with Crippen LogP contribution in [-0.2, 0) is 11.3 Å². The predicted octanol–water partition coefficient (Wildman–Crippen LogP) is 2.20. The van der Waals surface area contributed by atoms with E-state index in [1.54, 1.807) is 0 Å². The topological polar surface area (TPSA) is 90.5 Å². The highest BCUT2D eigenvalue weighted by molar-refractivity contribution is 5.89. The maximum Gasteiger partial charge on any atom is 0.249 e. The Hall–Kier alpha value is -2.25. The molecule has 8 nitrogen and oxygen atoms in total. The molecule has 0 bridgehead atoms. The molecular formula is C16H23N7O. The number of aromatic nitrogens is 6. The van der Waals surface area contributed by atoms with Crippen LogP contribution in [0.3, 0.4) is 0 Å². The number of amides is 1. The third-order valence-corrected chi connectivity index (χ3v) is 4.74. The molecule has 8 heteroatoms. The first kappa shape index (κ1) is 15.3. The number of anilines is 1. The van der Waals surface area contributed by atoms with Crippen LogP contribution in [0.25, 0.3) is 0 Å². The molecule has 1 N–H and O–H groups in total. The van der Waals surface area contributed by atoms with E-state index in [4.69, 9.17) is 0 Å². The Morgan fingerprint density at radius 2 is 2.00 bits per heavy atom. The second kappa shape index (κ2) is 6.33. The number of hydrogen-bond donors (Lipinski definition) is 1. The Morgan fingerprint density at radius 3 is 2.75 bits per heavy atom. The van der Waals surface area contributed by atoms with E-state index < -0.39 is 0 Å². The first-order chi connectivity index (χ1) is 11.7. The van der Waals surface area contributed by atoms with E-state index in [1.165, 1.54) is 24.1 Å². The smallest absolute Gasteiger partial charge is 0.249 e. The van der Waals surface area contributed by atoms with Crippen LogP contribution in [-0.4, -0.2) is 35.9 Å². The molecule has 0 unspecified atom stereocenters. The fourth-order valence-electron chi connectivity index (χ4n) is 3.35. The van der Waals surface area contributed by atoms with Crippen LogP contribution in [0, 0.1) is 6.92 Å². The molecule has 0 radical (unpaired) electrons. The molecule has 2 saturated carbocycles. The lowest BCUT2D eigenvalue weighted by molar-refractivity contribution is -0.117. The molecule has 24 heavy (non-hydrogen) atoms. The van der Waals surface area contributed by atoms with E-state index in [-0.39, 0.29) is 12.5 Å². The number of aryl methyl sites for hydroxylation is 1. The van der Waals surface area contributed by atoms with Crippen molar-refractivity contribution in [3.05, 3.63) is 17.6 Å². The summed E-state index contributed by atoms with van der Waals surface area (Å²) in [7, 11) is 0. The van der Waals surface area contributed by atoms with Crippen molar-refractivity contribution in [1.29, 1.82) is 0 Å². The molecule has 128 valence electrons. The van der Waals surface area contributed by atoms with Gasteiger partial charge in [-0.15, -0.1) is 10.2 Å². The first-order valence-electron chi connectivity index (χ1n) is 8.83. The highest BCUT2D eigenvalue weighted by atomic mass is 16.2. The molecule has 2 aromatic rings. The van der Waals surface area contributed by atoms with Crippen molar-refractivity contribution in [1.82, 2.24) is 30.0 Å². The number of carbonyl (C=O) groups excluding carboxylic acids is 1. The fourth-order valence-corrected chi connectivity index (χ4v) is 3.35. The van der Waals surface area contributed by atoms with E-state index in [9.17, 15) is 4.79 Å². The summed E-state index contributed by atoms with van der Waals surface area (Å²) in [5.41, 5.74) is 0.922. The number of rotatable bonds is 5. The van der Waals surface area contributed by atoms with Gasteiger partial charge in [-0.3, -0.25) is 4.79 Å². The van der Waals surface area contributed by atoms with Gasteiger partial charge in [-0.2, -0.15) is 9.90 Å². The summed E-state index contributed by atoms with van der Waals surface area (Å²) in [4.78, 5) is 13.7. The summed E-state index contributed by atoms with van der Waals surface area (Å²) in [6, 6.07) is 2.31. The molecule has 2 aliphatic rings. The van der Waals surface area contributed by atoms with Crippen LogP contribution in [0.5, 0.6) is 0 Å². The third-order valence-electron chi connectivity index (χ3n) is 4.74. The van der Waals surface area contributed by atoms with Crippen molar-refractivity contribution in [2.24, 2.45) is 0 Å². The Morgan fingerprint density at radius 1 is 1.21 bits per heavy atom. The zero-order valence-corrected chi connectivity index (χ0v) is 14.0. The number of hydrogen-bond acceptors (Lipinski definition) is 5. The third kappa shape index (κ3) is 3.32. The highest BCUT2D eigenvalue weighted by Gasteiger charge is 2.28. The second-order valence-electron chi connectivity index (χ2n) is 6.91. The standard InChI is InChI=1S/C16H23N7O/c1-11-9-14(23(19-11)13-5-3-2-4-6-13)17-15(24)10-22-20-16(18-21-22)12-7-8-12/h9,12-13H,2-8,10H2,1H3,(H,17,24). The van der Waals surface area contributed by atoms with Crippen molar-refractivity contribution in [2.75, 3.05) is 5.32 Å². The molecular weight excluding hydrogens is 306 g/mol. The molecule has 4 rings (SSSR count). The SMILES string of the molecule is Cc1cc(NC(=O)Cn2nnc(C3CC3)n2)n(C2CCCCC2)n1. The van der Waals surface area contributed by atoms with Gasteiger partial charge in [0.15, 0.2) is 5.82 Å². The van der Waals surface area contributed by atoms with E-state index in [2.05, 4.69) is 25.8 Å². The maximum atomic E-state index is 12.3. The summed E-state index contributed by atoms with van der Waals surface area (Å²) < 4.78 is 1.98. The van der Waals surface area contributed by atoms with Gasteiger partial charge in [-0.25, -0.2) is 4.68 Å². The minimum absolute atomic E-state index is 0.0780. The minimum atomic E-state index is -0.147. The Balaban J connectivity index is 1.42. The quantitative estimate of drug-likeness (QED) is 0.908. The molecule has 2 aromatic heterocycles. The normalized spacial score (nSPS) is 18.7. The van der Waals surface area contributed by atoms with Gasteiger partial charge in [0.1, 0.15) is 12.4 Å². The van der Waals surface area contributed by atoms with Crippen molar-refractivity contribution in [3.63, 3.8) is 0 Å². The molecule has 2 aliphatic carbocycles. The molecule has 0 spiro atoms. The average Bonchev–Trinajstić information content (AvgIpc) is 3.22. The molecule has 1 amide bonds. The fraction of sp³-hybridized carbons (Fsp3) is 0.688. The maximum absolute atomic E-state index is 12.3. The summed E-state index contributed by atoms with van der Waals surface area (Å²) in [5, 5.41) is 19.8. The molecule has 0 atom stereocenters. The van der Waals surface area contributed by atoms with Crippen LogP contribution in [0.15, 0.2) is 6.07 Å². The lowest BCUT2D eigenvalue weighted by atomic mass is 9.96. The van der Waals surface area contributed by atoms with Gasteiger partial charge in [-0.1, -0.05) is 19.3 Å². The number of tetrazole rings is 1. The average molecular weight is 329 g/mol. The lowest BCUT2D eigenvalue weighted by Crippen LogP contribution is -2.24. The summed E-state index contributed by atoms with van der Waals surface area (Å²) >= 11 is 0. The van der Waals surface area contributed by atoms with Gasteiger partial charge in [-0.05, 0) is 37.8 Å². The molecule has 2 heterocycles. The molecule has 0 aliphatic heterocycles. The number of carbonyl (C=O) groups is 1. The zero-order valence-electron chi connectivity index (χ0n) is 14.0. The van der Waals surface area contributed by atoms with E-state index in [1.807, 2.05) is 17.7 Å². The van der Waals surface area contributed by atoms with Crippen LogP contribution in [0.1, 0.15) is 68.4 Å². The predicted molar refractivity (Wildman–Crippen MR) is 87.5 cm³/mol. The van der Waals surface area contributed by atoms with Crippen molar-refractivity contribution >= 4 is 11.7 Å². The van der Waals surface area contributed by atoms with Gasteiger partial charge in [0.25, 0.3) is 0 Å².